The van der Waals surface area contributed by atoms with Crippen molar-refractivity contribution in [2.75, 3.05) is 12.8 Å². The van der Waals surface area contributed by atoms with E-state index in [1.54, 1.807) is 24.1 Å². The third kappa shape index (κ3) is 4.67. The number of thioether (sulfide) groups is 1. The second-order valence-corrected chi connectivity index (χ2v) is 9.33. The number of amidine groups is 1. The van der Waals surface area contributed by atoms with Crippen molar-refractivity contribution in [2.24, 2.45) is 10.1 Å². The lowest BCUT2D eigenvalue weighted by Gasteiger charge is -2.31. The zero-order valence-corrected chi connectivity index (χ0v) is 19.5. The molecule has 1 aliphatic heterocycles. The summed E-state index contributed by atoms with van der Waals surface area (Å²) in [7, 11) is -2.32. The summed E-state index contributed by atoms with van der Waals surface area (Å²) >= 11 is 13.5. The molecule has 0 aromatic heterocycles. The standard InChI is InChI=1S/C17H17Cl2N3O3S2.BrH/c1-22-16(21-9-11-4-2-3-5-13(11)18)26-10-17(22,23)12-6-7-14(19)15(8-12)27(20,24)25;/h2-8,23H,9-10H2,1H3,(H2,20,24,25);1H. The molecule has 1 atom stereocenters. The summed E-state index contributed by atoms with van der Waals surface area (Å²) in [6, 6.07) is 11.7. The first kappa shape index (κ1) is 23.5. The number of aliphatic hydroxyl groups is 1. The van der Waals surface area contributed by atoms with Gasteiger partial charge in [-0.25, -0.2) is 13.6 Å². The van der Waals surface area contributed by atoms with Gasteiger partial charge in [0.1, 0.15) is 4.90 Å². The first-order chi connectivity index (χ1) is 12.6. The fraction of sp³-hybridized carbons (Fsp3) is 0.235. The van der Waals surface area contributed by atoms with Gasteiger partial charge in [0, 0.05) is 17.6 Å². The predicted molar refractivity (Wildman–Crippen MR) is 120 cm³/mol. The van der Waals surface area contributed by atoms with Gasteiger partial charge in [-0.3, -0.25) is 4.99 Å². The molecule has 28 heavy (non-hydrogen) atoms. The Labute approximate surface area is 188 Å². The number of halogens is 3. The van der Waals surface area contributed by atoms with Gasteiger partial charge in [0.05, 0.1) is 17.3 Å². The number of sulfonamides is 1. The molecule has 152 valence electrons. The molecule has 1 heterocycles. The van der Waals surface area contributed by atoms with Crippen LogP contribution in [0.1, 0.15) is 11.1 Å². The largest absolute Gasteiger partial charge is 0.366 e. The summed E-state index contributed by atoms with van der Waals surface area (Å²) in [6.45, 7) is 0.367. The predicted octanol–water partition coefficient (Wildman–Crippen LogP) is 3.60. The molecule has 0 aliphatic carbocycles. The highest BCUT2D eigenvalue weighted by molar-refractivity contribution is 8.93. The van der Waals surface area contributed by atoms with E-state index in [1.165, 1.54) is 23.9 Å². The van der Waals surface area contributed by atoms with Crippen LogP contribution in [0.4, 0.5) is 0 Å². The van der Waals surface area contributed by atoms with Gasteiger partial charge in [0.15, 0.2) is 10.9 Å². The van der Waals surface area contributed by atoms with Gasteiger partial charge in [-0.2, -0.15) is 0 Å². The van der Waals surface area contributed by atoms with Crippen LogP contribution in [0.15, 0.2) is 52.4 Å². The molecule has 11 heteroatoms. The lowest BCUT2D eigenvalue weighted by molar-refractivity contribution is -0.0350. The number of primary sulfonamides is 1. The molecule has 2 aromatic carbocycles. The number of aliphatic imine (C=N–C) groups is 1. The van der Waals surface area contributed by atoms with E-state index in [1.807, 2.05) is 18.2 Å². The molecule has 0 radical (unpaired) electrons. The number of hydrogen-bond donors (Lipinski definition) is 2. The molecule has 0 saturated carbocycles. The third-order valence-electron chi connectivity index (χ3n) is 4.29. The van der Waals surface area contributed by atoms with E-state index in [2.05, 4.69) is 4.99 Å². The molecule has 2 aromatic rings. The second kappa shape index (κ2) is 8.91. The highest BCUT2D eigenvalue weighted by Gasteiger charge is 2.43. The topological polar surface area (TPSA) is 96.0 Å². The maximum atomic E-state index is 11.7. The molecule has 0 spiro atoms. The van der Waals surface area contributed by atoms with Gasteiger partial charge in [-0.15, -0.1) is 17.0 Å². The highest BCUT2D eigenvalue weighted by atomic mass is 79.9. The molecular weight excluding hydrogens is 509 g/mol. The van der Waals surface area contributed by atoms with Crippen LogP contribution in [0.2, 0.25) is 10.0 Å². The third-order valence-corrected chi connectivity index (χ3v) is 7.26. The van der Waals surface area contributed by atoms with Crippen LogP contribution in [0.25, 0.3) is 0 Å². The first-order valence-corrected chi connectivity index (χ1v) is 11.1. The van der Waals surface area contributed by atoms with Crippen molar-refractivity contribution < 1.29 is 13.5 Å². The summed E-state index contributed by atoms with van der Waals surface area (Å²) < 4.78 is 23.4. The molecule has 3 rings (SSSR count). The SMILES string of the molecule is Br.CN1C(=NCc2ccccc2Cl)SCC1(O)c1ccc(Cl)c(S(N)(=O)=O)c1. The number of nitrogens with two attached hydrogens (primary N) is 1. The fourth-order valence-electron chi connectivity index (χ4n) is 2.70. The van der Waals surface area contributed by atoms with Crippen molar-refractivity contribution in [3.05, 3.63) is 63.6 Å². The minimum atomic E-state index is -4.01. The van der Waals surface area contributed by atoms with Gasteiger partial charge in [-0.1, -0.05) is 59.2 Å². The molecule has 1 saturated heterocycles. The van der Waals surface area contributed by atoms with Gasteiger partial charge in [0.2, 0.25) is 10.0 Å². The van der Waals surface area contributed by atoms with Crippen LogP contribution in [0, 0.1) is 0 Å². The van der Waals surface area contributed by atoms with Crippen LogP contribution in [-0.4, -0.2) is 36.4 Å². The Morgan fingerprint density at radius 2 is 1.93 bits per heavy atom. The van der Waals surface area contributed by atoms with E-state index in [4.69, 9.17) is 28.3 Å². The highest BCUT2D eigenvalue weighted by Crippen LogP contribution is 2.39. The second-order valence-electron chi connectivity index (χ2n) is 6.04. The van der Waals surface area contributed by atoms with Crippen molar-refractivity contribution in [3.63, 3.8) is 0 Å². The first-order valence-electron chi connectivity index (χ1n) is 7.82. The zero-order chi connectivity index (χ0) is 19.8. The molecular formula is C17H18BrCl2N3O3S2. The maximum absolute atomic E-state index is 11.7. The molecule has 1 fully saturated rings. The Balaban J connectivity index is 0.00000280. The Morgan fingerprint density at radius 1 is 1.25 bits per heavy atom. The molecule has 1 unspecified atom stereocenters. The van der Waals surface area contributed by atoms with Crippen molar-refractivity contribution >= 4 is 67.1 Å². The van der Waals surface area contributed by atoms with Gasteiger partial charge >= 0.3 is 0 Å². The average molecular weight is 527 g/mol. The lowest BCUT2D eigenvalue weighted by atomic mass is 10.0. The summed E-state index contributed by atoms with van der Waals surface area (Å²) in [4.78, 5) is 5.91. The van der Waals surface area contributed by atoms with E-state index in [0.717, 1.165) is 5.56 Å². The normalized spacial score (nSPS) is 21.0. The number of hydrogen-bond acceptors (Lipinski definition) is 5. The number of benzene rings is 2. The van der Waals surface area contributed by atoms with Crippen LogP contribution in [0.5, 0.6) is 0 Å². The minimum Gasteiger partial charge on any atom is -0.366 e. The Bertz CT molecular complexity index is 1020. The maximum Gasteiger partial charge on any atom is 0.239 e. The van der Waals surface area contributed by atoms with E-state index in [0.29, 0.717) is 22.3 Å². The zero-order valence-electron chi connectivity index (χ0n) is 14.7. The molecule has 0 amide bonds. The van der Waals surface area contributed by atoms with Crippen LogP contribution >= 0.6 is 51.9 Å². The lowest BCUT2D eigenvalue weighted by Crippen LogP contribution is -2.42. The van der Waals surface area contributed by atoms with Gasteiger partial charge in [-0.05, 0) is 23.8 Å². The van der Waals surface area contributed by atoms with E-state index < -0.39 is 15.7 Å². The number of rotatable bonds is 4. The van der Waals surface area contributed by atoms with E-state index in [-0.39, 0.29) is 32.7 Å². The summed E-state index contributed by atoms with van der Waals surface area (Å²) in [6.07, 6.45) is 0. The van der Waals surface area contributed by atoms with Crippen LogP contribution < -0.4 is 5.14 Å². The van der Waals surface area contributed by atoms with Crippen molar-refractivity contribution in [1.82, 2.24) is 4.90 Å². The quantitative estimate of drug-likeness (QED) is 0.634. The van der Waals surface area contributed by atoms with E-state index >= 15 is 0 Å². The molecule has 1 aliphatic rings. The van der Waals surface area contributed by atoms with Crippen LogP contribution in [-0.2, 0) is 22.3 Å². The van der Waals surface area contributed by atoms with Crippen molar-refractivity contribution in [2.45, 2.75) is 17.2 Å². The summed E-state index contributed by atoms with van der Waals surface area (Å²) in [5, 5.41) is 17.6. The fourth-order valence-corrected chi connectivity index (χ4v) is 5.15. The van der Waals surface area contributed by atoms with Crippen molar-refractivity contribution in [3.8, 4) is 0 Å². The Kier molecular flexibility index (Phi) is 7.47. The van der Waals surface area contributed by atoms with E-state index in [9.17, 15) is 13.5 Å². The molecule has 0 bridgehead atoms. The average Bonchev–Trinajstić information content (AvgIpc) is 2.90. The molecule has 6 nitrogen and oxygen atoms in total. The number of nitrogens with zero attached hydrogens (tertiary/aromatic N) is 2. The molecule has 3 N–H and O–H groups in total. The van der Waals surface area contributed by atoms with Crippen LogP contribution in [0.3, 0.4) is 0 Å². The smallest absolute Gasteiger partial charge is 0.239 e. The monoisotopic (exact) mass is 525 g/mol. The summed E-state index contributed by atoms with van der Waals surface area (Å²) in [5.41, 5.74) is -0.193. The Hall–Kier alpha value is -0.810. The van der Waals surface area contributed by atoms with Gasteiger partial charge in [0.25, 0.3) is 0 Å². The van der Waals surface area contributed by atoms with Crippen molar-refractivity contribution in [1.29, 1.82) is 0 Å². The Morgan fingerprint density at radius 3 is 2.57 bits per heavy atom. The van der Waals surface area contributed by atoms with Gasteiger partial charge < -0.3 is 10.0 Å². The summed E-state index contributed by atoms with van der Waals surface area (Å²) in [5.74, 6) is 0.274. The minimum absolute atomic E-state index is 0.